The van der Waals surface area contributed by atoms with Crippen molar-refractivity contribution in [3.05, 3.63) is 0 Å². The van der Waals surface area contributed by atoms with Crippen molar-refractivity contribution in [2.75, 3.05) is 6.67 Å². The second-order valence-electron chi connectivity index (χ2n) is 4.40. The maximum absolute atomic E-state index is 12.4. The maximum atomic E-state index is 12.4. The molecule has 0 aliphatic carbocycles. The van der Waals surface area contributed by atoms with Crippen LogP contribution in [0.4, 0.5) is 9.18 Å². The van der Waals surface area contributed by atoms with Gasteiger partial charge in [-0.25, -0.2) is 14.0 Å². The Kier molecular flexibility index (Phi) is 4.06. The molecule has 6 heteroatoms. The van der Waals surface area contributed by atoms with Gasteiger partial charge in [-0.2, -0.15) is 0 Å². The minimum atomic E-state index is -1.94. The number of carboxylic acid groups (broad SMARTS) is 1. The van der Waals surface area contributed by atoms with E-state index >= 15 is 0 Å². The molecule has 0 saturated heterocycles. The number of amides is 1. The number of halogens is 1. The highest BCUT2D eigenvalue weighted by Gasteiger charge is 2.36. The van der Waals surface area contributed by atoms with E-state index in [-0.39, 0.29) is 0 Å². The molecule has 0 saturated carbocycles. The smallest absolute Gasteiger partial charge is 0.408 e. The van der Waals surface area contributed by atoms with Gasteiger partial charge in [0.05, 0.1) is 0 Å². The van der Waals surface area contributed by atoms with Gasteiger partial charge < -0.3 is 15.2 Å². The summed E-state index contributed by atoms with van der Waals surface area (Å²) >= 11 is 0. The van der Waals surface area contributed by atoms with Crippen molar-refractivity contribution < 1.29 is 23.8 Å². The lowest BCUT2D eigenvalue weighted by Crippen LogP contribution is -2.55. The van der Waals surface area contributed by atoms with Gasteiger partial charge in [-0.3, -0.25) is 0 Å². The van der Waals surface area contributed by atoms with Crippen LogP contribution in [-0.4, -0.2) is 35.0 Å². The van der Waals surface area contributed by atoms with Gasteiger partial charge in [0.25, 0.3) is 0 Å². The van der Waals surface area contributed by atoms with Gasteiger partial charge in [-0.05, 0) is 27.7 Å². The van der Waals surface area contributed by atoms with Crippen LogP contribution in [0, 0.1) is 0 Å². The van der Waals surface area contributed by atoms with Gasteiger partial charge in [-0.15, -0.1) is 0 Å². The Bertz CT molecular complexity index is 261. The van der Waals surface area contributed by atoms with E-state index in [4.69, 9.17) is 9.84 Å². The molecule has 0 aliphatic rings. The molecule has 0 fully saturated rings. The Morgan fingerprint density at radius 2 is 1.80 bits per heavy atom. The Morgan fingerprint density at radius 3 is 2.07 bits per heavy atom. The molecule has 0 aromatic heterocycles. The third-order valence-electron chi connectivity index (χ3n) is 1.52. The van der Waals surface area contributed by atoms with Gasteiger partial charge in [0.1, 0.15) is 12.3 Å². The largest absolute Gasteiger partial charge is 0.479 e. The number of nitrogens with one attached hydrogen (secondary N) is 1. The fraction of sp³-hybridized carbons (Fsp3) is 0.778. The Hall–Kier alpha value is -1.33. The SMILES string of the molecule is CC(C)(C)OC(=O)NC(C)(CF)C(=O)O. The Balaban J connectivity index is 4.45. The number of rotatable bonds is 3. The zero-order valence-electron chi connectivity index (χ0n) is 9.26. The second-order valence-corrected chi connectivity index (χ2v) is 4.40. The zero-order valence-corrected chi connectivity index (χ0v) is 9.26. The van der Waals surface area contributed by atoms with Gasteiger partial charge >= 0.3 is 12.1 Å². The van der Waals surface area contributed by atoms with E-state index in [1.807, 2.05) is 5.32 Å². The molecule has 0 spiro atoms. The fourth-order valence-electron chi connectivity index (χ4n) is 0.673. The Morgan fingerprint density at radius 1 is 1.33 bits per heavy atom. The van der Waals surface area contributed by atoms with E-state index in [0.29, 0.717) is 0 Å². The highest BCUT2D eigenvalue weighted by atomic mass is 19.1. The van der Waals surface area contributed by atoms with Crippen LogP contribution in [0.25, 0.3) is 0 Å². The number of carbonyl (C=O) groups excluding carboxylic acids is 1. The van der Waals surface area contributed by atoms with Gasteiger partial charge in [0, 0.05) is 0 Å². The second kappa shape index (κ2) is 4.46. The molecule has 15 heavy (non-hydrogen) atoms. The lowest BCUT2D eigenvalue weighted by atomic mass is 10.1. The van der Waals surface area contributed by atoms with Crippen LogP contribution in [0.15, 0.2) is 0 Å². The molecular weight excluding hydrogens is 205 g/mol. The van der Waals surface area contributed by atoms with E-state index in [0.717, 1.165) is 6.92 Å². The molecule has 0 aromatic carbocycles. The van der Waals surface area contributed by atoms with E-state index in [1.54, 1.807) is 20.8 Å². The van der Waals surface area contributed by atoms with Gasteiger partial charge in [0.15, 0.2) is 5.54 Å². The Labute approximate surface area is 87.6 Å². The van der Waals surface area contributed by atoms with Crippen LogP contribution in [0.3, 0.4) is 0 Å². The quantitative estimate of drug-likeness (QED) is 0.753. The predicted molar refractivity (Wildman–Crippen MR) is 51.4 cm³/mol. The number of carbonyl (C=O) groups is 2. The highest BCUT2D eigenvalue weighted by molar-refractivity contribution is 5.84. The summed E-state index contributed by atoms with van der Waals surface area (Å²) in [6.07, 6.45) is -0.954. The van der Waals surface area contributed by atoms with Crippen LogP contribution in [0.2, 0.25) is 0 Å². The first kappa shape index (κ1) is 13.7. The summed E-state index contributed by atoms with van der Waals surface area (Å²) in [7, 11) is 0. The van der Waals surface area contributed by atoms with E-state index in [1.165, 1.54) is 0 Å². The van der Waals surface area contributed by atoms with Crippen molar-refractivity contribution in [2.45, 2.75) is 38.8 Å². The maximum Gasteiger partial charge on any atom is 0.408 e. The number of alkyl carbamates (subject to hydrolysis) is 1. The molecule has 0 radical (unpaired) electrons. The standard InChI is InChI=1S/C9H16FNO4/c1-8(2,3)15-7(14)11-9(4,5-10)6(12)13/h5H2,1-4H3,(H,11,14)(H,12,13). The van der Waals surface area contributed by atoms with Crippen LogP contribution < -0.4 is 5.32 Å². The summed E-state index contributed by atoms with van der Waals surface area (Å²) in [5.74, 6) is -1.45. The molecule has 0 aromatic rings. The average Bonchev–Trinajstić information content (AvgIpc) is 1.99. The van der Waals surface area contributed by atoms with E-state index < -0.39 is 29.9 Å². The monoisotopic (exact) mass is 221 g/mol. The van der Waals surface area contributed by atoms with Gasteiger partial charge in [0.2, 0.25) is 0 Å². The molecule has 2 N–H and O–H groups in total. The molecule has 1 amide bonds. The lowest BCUT2D eigenvalue weighted by Gasteiger charge is -2.26. The summed E-state index contributed by atoms with van der Waals surface area (Å²) < 4.78 is 17.2. The summed E-state index contributed by atoms with van der Waals surface area (Å²) in [4.78, 5) is 21.8. The fourth-order valence-corrected chi connectivity index (χ4v) is 0.673. The minimum Gasteiger partial charge on any atom is -0.479 e. The first-order chi connectivity index (χ1) is 6.60. The lowest BCUT2D eigenvalue weighted by molar-refractivity contribution is -0.144. The molecular formula is C9H16FNO4. The van der Waals surface area contributed by atoms with Crippen LogP contribution >= 0.6 is 0 Å². The molecule has 5 nitrogen and oxygen atoms in total. The number of hydrogen-bond acceptors (Lipinski definition) is 3. The number of alkyl halides is 1. The summed E-state index contributed by atoms with van der Waals surface area (Å²) in [6.45, 7) is 4.74. The van der Waals surface area contributed by atoms with Crippen molar-refractivity contribution in [3.8, 4) is 0 Å². The zero-order chi connectivity index (χ0) is 12.3. The van der Waals surface area contributed by atoms with Crippen molar-refractivity contribution in [3.63, 3.8) is 0 Å². The van der Waals surface area contributed by atoms with Gasteiger partial charge in [-0.1, -0.05) is 0 Å². The highest BCUT2D eigenvalue weighted by Crippen LogP contribution is 2.10. The van der Waals surface area contributed by atoms with Crippen LogP contribution in [-0.2, 0) is 9.53 Å². The van der Waals surface area contributed by atoms with Crippen molar-refractivity contribution in [2.24, 2.45) is 0 Å². The summed E-state index contributed by atoms with van der Waals surface area (Å²) in [6, 6.07) is 0. The van der Waals surface area contributed by atoms with E-state index in [9.17, 15) is 14.0 Å². The third kappa shape index (κ3) is 4.62. The number of carboxylic acids is 1. The van der Waals surface area contributed by atoms with Crippen LogP contribution in [0.1, 0.15) is 27.7 Å². The molecule has 1 atom stereocenters. The van der Waals surface area contributed by atoms with Crippen LogP contribution in [0.5, 0.6) is 0 Å². The molecule has 0 aliphatic heterocycles. The van der Waals surface area contributed by atoms with Crippen molar-refractivity contribution >= 4 is 12.1 Å². The average molecular weight is 221 g/mol. The molecule has 0 bridgehead atoms. The molecule has 1 unspecified atom stereocenters. The first-order valence-electron chi connectivity index (χ1n) is 4.41. The van der Waals surface area contributed by atoms with Crippen molar-refractivity contribution in [1.29, 1.82) is 0 Å². The predicted octanol–water partition coefficient (Wildman–Crippen LogP) is 1.32. The molecule has 88 valence electrons. The molecule has 0 heterocycles. The number of aliphatic carboxylic acids is 1. The summed E-state index contributed by atoms with van der Waals surface area (Å²) in [5, 5.41) is 10.6. The number of ether oxygens (including phenoxy) is 1. The number of hydrogen-bond donors (Lipinski definition) is 2. The third-order valence-corrected chi connectivity index (χ3v) is 1.52. The topological polar surface area (TPSA) is 75.6 Å². The first-order valence-corrected chi connectivity index (χ1v) is 4.41. The van der Waals surface area contributed by atoms with Crippen molar-refractivity contribution in [1.82, 2.24) is 5.32 Å². The van der Waals surface area contributed by atoms with E-state index in [2.05, 4.69) is 0 Å². The summed E-state index contributed by atoms with van der Waals surface area (Å²) in [5.41, 5.74) is -2.69. The minimum absolute atomic E-state index is 0.750. The normalized spacial score (nSPS) is 15.3. The molecule has 0 rings (SSSR count).